The monoisotopic (exact) mass is 266 g/mol. The van der Waals surface area contributed by atoms with Gasteiger partial charge < -0.3 is 4.98 Å². The Morgan fingerprint density at radius 3 is 2.75 bits per heavy atom. The van der Waals surface area contributed by atoms with E-state index in [4.69, 9.17) is 0 Å². The smallest absolute Gasteiger partial charge is 0.273 e. The number of H-pyrrole nitrogens is 1. The molecular formula is C15H14N4O. The van der Waals surface area contributed by atoms with Gasteiger partial charge in [0.15, 0.2) is 0 Å². The molecular weight excluding hydrogens is 252 g/mol. The second-order valence-corrected chi connectivity index (χ2v) is 4.72. The topological polar surface area (TPSA) is 70.1 Å². The zero-order valence-corrected chi connectivity index (χ0v) is 11.3. The highest BCUT2D eigenvalue weighted by Gasteiger charge is 2.25. The summed E-state index contributed by atoms with van der Waals surface area (Å²) in [4.78, 5) is 19.4. The van der Waals surface area contributed by atoms with Crippen molar-refractivity contribution in [1.82, 2.24) is 15.4 Å². The second-order valence-electron chi connectivity index (χ2n) is 4.72. The van der Waals surface area contributed by atoms with Gasteiger partial charge >= 0.3 is 0 Å². The lowest BCUT2D eigenvalue weighted by atomic mass is 10.1. The first-order valence-electron chi connectivity index (χ1n) is 6.33. The summed E-state index contributed by atoms with van der Waals surface area (Å²) in [6.45, 7) is 3.98. The van der Waals surface area contributed by atoms with Crippen LogP contribution in [0.25, 0.3) is 6.08 Å². The molecule has 5 heteroatoms. The fourth-order valence-corrected chi connectivity index (χ4v) is 2.21. The van der Waals surface area contributed by atoms with Crippen molar-refractivity contribution in [1.29, 1.82) is 0 Å². The van der Waals surface area contributed by atoms with Crippen LogP contribution in [0.4, 0.5) is 0 Å². The molecule has 0 bridgehead atoms. The zero-order valence-electron chi connectivity index (χ0n) is 11.3. The Morgan fingerprint density at radius 1 is 1.25 bits per heavy atom. The minimum atomic E-state index is -0.211. The lowest BCUT2D eigenvalue weighted by Crippen LogP contribution is -2.14. The number of aromatic nitrogens is 2. The minimum Gasteiger partial charge on any atom is -0.359 e. The van der Waals surface area contributed by atoms with Crippen LogP contribution in [0, 0.1) is 13.8 Å². The van der Waals surface area contributed by atoms with Crippen molar-refractivity contribution in [3.63, 3.8) is 0 Å². The van der Waals surface area contributed by atoms with Gasteiger partial charge in [0, 0.05) is 17.6 Å². The third kappa shape index (κ3) is 2.14. The van der Waals surface area contributed by atoms with E-state index in [1.807, 2.05) is 44.2 Å². The standard InChI is InChI=1S/C15H14N4O/c1-9-7-10(2)17-13(9)8-11-14(18-19-15(11)20)12-5-3-4-6-16-12/h3-8,17H,1-2H3,(H,19,20)/b11-8-. The Hall–Kier alpha value is -2.69. The Labute approximate surface area is 116 Å². The molecule has 2 aromatic rings. The molecule has 0 aliphatic carbocycles. The number of amides is 1. The van der Waals surface area contributed by atoms with Crippen LogP contribution < -0.4 is 5.43 Å². The van der Waals surface area contributed by atoms with Gasteiger partial charge in [-0.05, 0) is 43.7 Å². The van der Waals surface area contributed by atoms with Crippen molar-refractivity contribution in [2.24, 2.45) is 5.10 Å². The molecule has 0 saturated carbocycles. The minimum absolute atomic E-state index is 0.211. The quantitative estimate of drug-likeness (QED) is 0.815. The molecule has 0 fully saturated rings. The van der Waals surface area contributed by atoms with Gasteiger partial charge in [0.1, 0.15) is 5.71 Å². The van der Waals surface area contributed by atoms with Gasteiger partial charge in [-0.3, -0.25) is 9.78 Å². The van der Waals surface area contributed by atoms with E-state index in [1.54, 1.807) is 6.20 Å². The third-order valence-corrected chi connectivity index (χ3v) is 3.15. The number of nitrogens with zero attached hydrogens (tertiary/aromatic N) is 2. The molecule has 2 aromatic heterocycles. The van der Waals surface area contributed by atoms with Gasteiger partial charge in [0.25, 0.3) is 5.91 Å². The van der Waals surface area contributed by atoms with Gasteiger partial charge in [0.05, 0.1) is 11.3 Å². The highest BCUT2D eigenvalue weighted by atomic mass is 16.2. The summed E-state index contributed by atoms with van der Waals surface area (Å²) in [5.74, 6) is -0.211. The number of aryl methyl sites for hydroxylation is 2. The fraction of sp³-hybridized carbons (Fsp3) is 0.133. The first kappa shape index (κ1) is 12.3. The average molecular weight is 266 g/mol. The summed E-state index contributed by atoms with van der Waals surface area (Å²) in [6.07, 6.45) is 3.50. The maximum absolute atomic E-state index is 11.9. The Morgan fingerprint density at radius 2 is 2.10 bits per heavy atom. The molecule has 0 radical (unpaired) electrons. The average Bonchev–Trinajstić information content (AvgIpc) is 2.95. The molecule has 100 valence electrons. The fourth-order valence-electron chi connectivity index (χ4n) is 2.21. The van der Waals surface area contributed by atoms with Gasteiger partial charge in [0.2, 0.25) is 0 Å². The molecule has 3 heterocycles. The van der Waals surface area contributed by atoms with E-state index < -0.39 is 0 Å². The van der Waals surface area contributed by atoms with E-state index in [0.29, 0.717) is 17.0 Å². The summed E-state index contributed by atoms with van der Waals surface area (Å²) < 4.78 is 0. The number of carbonyl (C=O) groups excluding carboxylic acids is 1. The summed E-state index contributed by atoms with van der Waals surface area (Å²) in [5, 5.41) is 4.07. The van der Waals surface area contributed by atoms with E-state index in [2.05, 4.69) is 20.5 Å². The maximum Gasteiger partial charge on any atom is 0.273 e. The number of nitrogens with one attached hydrogen (secondary N) is 2. The number of aromatic amines is 1. The Bertz CT molecular complexity index is 726. The van der Waals surface area contributed by atoms with Crippen molar-refractivity contribution >= 4 is 17.7 Å². The van der Waals surface area contributed by atoms with Crippen molar-refractivity contribution < 1.29 is 4.79 Å². The van der Waals surface area contributed by atoms with Crippen molar-refractivity contribution in [2.45, 2.75) is 13.8 Å². The number of carbonyl (C=O) groups is 1. The molecule has 1 amide bonds. The molecule has 20 heavy (non-hydrogen) atoms. The van der Waals surface area contributed by atoms with E-state index in [1.165, 1.54) is 0 Å². The van der Waals surface area contributed by atoms with Crippen LogP contribution in [-0.2, 0) is 4.79 Å². The third-order valence-electron chi connectivity index (χ3n) is 3.15. The van der Waals surface area contributed by atoms with Gasteiger partial charge in [-0.1, -0.05) is 6.07 Å². The largest absolute Gasteiger partial charge is 0.359 e. The highest BCUT2D eigenvalue weighted by Crippen LogP contribution is 2.18. The Balaban J connectivity index is 2.05. The lowest BCUT2D eigenvalue weighted by Gasteiger charge is -2.00. The summed E-state index contributed by atoms with van der Waals surface area (Å²) in [6, 6.07) is 7.57. The molecule has 0 aromatic carbocycles. The van der Waals surface area contributed by atoms with Crippen LogP contribution in [0.2, 0.25) is 0 Å². The molecule has 2 N–H and O–H groups in total. The SMILES string of the molecule is Cc1cc(C)c(/C=C2\C(=O)NN=C2c2ccccn2)[nH]1. The molecule has 0 spiro atoms. The van der Waals surface area contributed by atoms with Gasteiger partial charge in [-0.2, -0.15) is 5.10 Å². The molecule has 0 unspecified atom stereocenters. The predicted octanol–water partition coefficient (Wildman–Crippen LogP) is 1.94. The summed E-state index contributed by atoms with van der Waals surface area (Å²) in [7, 11) is 0. The van der Waals surface area contributed by atoms with Crippen LogP contribution in [-0.4, -0.2) is 21.6 Å². The van der Waals surface area contributed by atoms with Crippen molar-refractivity contribution in [3.05, 3.63) is 58.7 Å². The number of hydrazone groups is 1. The number of hydrogen-bond donors (Lipinski definition) is 2. The molecule has 1 aliphatic rings. The summed E-state index contributed by atoms with van der Waals surface area (Å²) in [5.41, 5.74) is 7.33. The number of rotatable bonds is 2. The van der Waals surface area contributed by atoms with E-state index in [0.717, 1.165) is 17.0 Å². The van der Waals surface area contributed by atoms with Crippen LogP contribution in [0.5, 0.6) is 0 Å². The van der Waals surface area contributed by atoms with E-state index >= 15 is 0 Å². The van der Waals surface area contributed by atoms with Gasteiger partial charge in [-0.15, -0.1) is 0 Å². The Kier molecular flexibility index (Phi) is 2.95. The molecule has 0 saturated heterocycles. The molecule has 5 nitrogen and oxygen atoms in total. The lowest BCUT2D eigenvalue weighted by molar-refractivity contribution is -0.116. The van der Waals surface area contributed by atoms with Crippen molar-refractivity contribution in [3.8, 4) is 0 Å². The van der Waals surface area contributed by atoms with Crippen LogP contribution >= 0.6 is 0 Å². The van der Waals surface area contributed by atoms with Crippen molar-refractivity contribution in [2.75, 3.05) is 0 Å². The molecule has 3 rings (SSSR count). The number of hydrogen-bond acceptors (Lipinski definition) is 3. The predicted molar refractivity (Wildman–Crippen MR) is 77.2 cm³/mol. The van der Waals surface area contributed by atoms with Crippen LogP contribution in [0.15, 0.2) is 41.1 Å². The maximum atomic E-state index is 11.9. The first-order chi connectivity index (χ1) is 9.65. The van der Waals surface area contributed by atoms with E-state index in [-0.39, 0.29) is 5.91 Å². The van der Waals surface area contributed by atoms with Crippen LogP contribution in [0.1, 0.15) is 22.6 Å². The normalized spacial score (nSPS) is 16.4. The second kappa shape index (κ2) is 4.77. The molecule has 1 aliphatic heterocycles. The number of pyridine rings is 1. The first-order valence-corrected chi connectivity index (χ1v) is 6.33. The highest BCUT2D eigenvalue weighted by molar-refractivity contribution is 6.32. The van der Waals surface area contributed by atoms with Crippen LogP contribution in [0.3, 0.4) is 0 Å². The zero-order chi connectivity index (χ0) is 14.1. The van der Waals surface area contributed by atoms with Gasteiger partial charge in [-0.25, -0.2) is 5.43 Å². The summed E-state index contributed by atoms with van der Waals surface area (Å²) >= 11 is 0. The van der Waals surface area contributed by atoms with E-state index in [9.17, 15) is 4.79 Å². The molecule has 0 atom stereocenters.